The number of carboxylic acids is 2. The summed E-state index contributed by atoms with van der Waals surface area (Å²) in [7, 11) is 0. The smallest absolute Gasteiger partial charge is 0.354 e. The number of aromatic nitrogens is 2. The number of pyridine rings is 2. The van der Waals surface area contributed by atoms with Crippen molar-refractivity contribution in [3.8, 4) is 22.5 Å². The molecule has 0 atom stereocenters. The van der Waals surface area contributed by atoms with E-state index in [0.717, 1.165) is 32.7 Å². The molecule has 0 spiro atoms. The lowest BCUT2D eigenvalue weighted by Gasteiger charge is -2.04. The maximum Gasteiger partial charge on any atom is 0.354 e. The monoisotopic (exact) mass is 498 g/mol. The van der Waals surface area contributed by atoms with Crippen molar-refractivity contribution >= 4 is 33.5 Å². The van der Waals surface area contributed by atoms with E-state index in [1.165, 1.54) is 12.1 Å². The van der Waals surface area contributed by atoms with Crippen LogP contribution in [0.4, 0.5) is 0 Å². The summed E-state index contributed by atoms with van der Waals surface area (Å²) in [6, 6.07) is 38.1. The summed E-state index contributed by atoms with van der Waals surface area (Å²) in [5.74, 6) is -2.02. The van der Waals surface area contributed by atoms with Gasteiger partial charge in [0.1, 0.15) is 11.4 Å². The lowest BCUT2D eigenvalue weighted by Crippen LogP contribution is -2.00. The minimum atomic E-state index is -1.01. The molecule has 0 aliphatic carbocycles. The van der Waals surface area contributed by atoms with E-state index in [1.807, 2.05) is 97.1 Å². The summed E-state index contributed by atoms with van der Waals surface area (Å²) in [4.78, 5) is 30.2. The van der Waals surface area contributed by atoms with Gasteiger partial charge in [-0.25, -0.2) is 19.6 Å². The SMILES string of the molecule is O=C(O)c1cccc(-c2ccc3ccccc3c2)n1.O=C(O)c1cccc(-c2ccc3ccccc3c2)n1. The molecular formula is C32H22N2O4. The normalized spacial score (nSPS) is 10.5. The van der Waals surface area contributed by atoms with Gasteiger partial charge in [-0.2, -0.15) is 0 Å². The van der Waals surface area contributed by atoms with E-state index in [4.69, 9.17) is 10.2 Å². The zero-order valence-corrected chi connectivity index (χ0v) is 20.2. The minimum absolute atomic E-state index is 0.0608. The highest BCUT2D eigenvalue weighted by atomic mass is 16.4. The van der Waals surface area contributed by atoms with E-state index in [9.17, 15) is 9.59 Å². The van der Waals surface area contributed by atoms with Gasteiger partial charge in [-0.15, -0.1) is 0 Å². The second-order valence-electron chi connectivity index (χ2n) is 8.55. The van der Waals surface area contributed by atoms with Crippen LogP contribution in [0.25, 0.3) is 44.1 Å². The molecule has 0 fully saturated rings. The molecule has 2 heterocycles. The first-order valence-corrected chi connectivity index (χ1v) is 11.9. The second kappa shape index (κ2) is 10.7. The second-order valence-corrected chi connectivity index (χ2v) is 8.55. The first-order valence-electron chi connectivity index (χ1n) is 11.9. The molecule has 0 aliphatic rings. The van der Waals surface area contributed by atoms with Gasteiger partial charge in [0.2, 0.25) is 0 Å². The molecule has 0 saturated heterocycles. The summed E-state index contributed by atoms with van der Waals surface area (Å²) in [5.41, 5.74) is 3.30. The van der Waals surface area contributed by atoms with Gasteiger partial charge >= 0.3 is 11.9 Å². The van der Waals surface area contributed by atoms with Crippen molar-refractivity contribution in [1.29, 1.82) is 0 Å². The van der Waals surface area contributed by atoms with Gasteiger partial charge in [0, 0.05) is 11.1 Å². The van der Waals surface area contributed by atoms with Gasteiger partial charge in [-0.1, -0.05) is 84.9 Å². The Bertz CT molecular complexity index is 1660. The van der Waals surface area contributed by atoms with Crippen LogP contribution in [-0.4, -0.2) is 32.1 Å². The summed E-state index contributed by atoms with van der Waals surface area (Å²) < 4.78 is 0. The highest BCUT2D eigenvalue weighted by Crippen LogP contribution is 2.24. The number of hydrogen-bond donors (Lipinski definition) is 2. The van der Waals surface area contributed by atoms with Crippen molar-refractivity contribution in [3.05, 3.63) is 133 Å². The van der Waals surface area contributed by atoms with Crippen molar-refractivity contribution in [2.75, 3.05) is 0 Å². The summed E-state index contributed by atoms with van der Waals surface area (Å²) >= 11 is 0. The summed E-state index contributed by atoms with van der Waals surface area (Å²) in [5, 5.41) is 22.5. The van der Waals surface area contributed by atoms with Crippen molar-refractivity contribution in [1.82, 2.24) is 9.97 Å². The number of nitrogens with zero attached hydrogens (tertiary/aromatic N) is 2. The molecule has 4 aromatic carbocycles. The zero-order valence-electron chi connectivity index (χ0n) is 20.2. The minimum Gasteiger partial charge on any atom is -0.477 e. The number of carbonyl (C=O) groups is 2. The van der Waals surface area contributed by atoms with Crippen LogP contribution in [0, 0.1) is 0 Å². The van der Waals surface area contributed by atoms with Crippen LogP contribution < -0.4 is 0 Å². The third-order valence-corrected chi connectivity index (χ3v) is 6.03. The molecule has 2 N–H and O–H groups in total. The predicted molar refractivity (Wildman–Crippen MR) is 148 cm³/mol. The van der Waals surface area contributed by atoms with E-state index in [1.54, 1.807) is 12.1 Å². The molecule has 6 heteroatoms. The molecule has 2 aromatic heterocycles. The van der Waals surface area contributed by atoms with Gasteiger partial charge in [0.25, 0.3) is 0 Å². The molecule has 0 amide bonds. The summed E-state index contributed by atoms with van der Waals surface area (Å²) in [6.07, 6.45) is 0. The Morgan fingerprint density at radius 3 is 1.24 bits per heavy atom. The molecule has 184 valence electrons. The van der Waals surface area contributed by atoms with E-state index >= 15 is 0 Å². The van der Waals surface area contributed by atoms with E-state index in [0.29, 0.717) is 11.4 Å². The molecule has 0 unspecified atom stereocenters. The Kier molecular flexibility index (Phi) is 6.87. The van der Waals surface area contributed by atoms with Gasteiger partial charge < -0.3 is 10.2 Å². The predicted octanol–water partition coefficient (Wildman–Crippen LogP) is 7.20. The van der Waals surface area contributed by atoms with Crippen LogP contribution in [0.15, 0.2) is 121 Å². The first kappa shape index (κ1) is 24.3. The largest absolute Gasteiger partial charge is 0.477 e. The van der Waals surface area contributed by atoms with E-state index < -0.39 is 11.9 Å². The molecule has 0 bridgehead atoms. The molecule has 38 heavy (non-hydrogen) atoms. The molecule has 0 radical (unpaired) electrons. The van der Waals surface area contributed by atoms with Crippen molar-refractivity contribution in [2.24, 2.45) is 0 Å². The molecule has 6 aromatic rings. The number of carboxylic acid groups (broad SMARTS) is 2. The fourth-order valence-corrected chi connectivity index (χ4v) is 4.13. The molecule has 6 rings (SSSR count). The molecule has 0 saturated carbocycles. The quantitative estimate of drug-likeness (QED) is 0.267. The Morgan fingerprint density at radius 1 is 0.447 bits per heavy atom. The number of benzene rings is 4. The van der Waals surface area contributed by atoms with Gasteiger partial charge in [-0.3, -0.25) is 0 Å². The molecule has 0 aliphatic heterocycles. The standard InChI is InChI=1S/2C16H11NO2/c2*18-16(19)15-7-3-6-14(17-15)13-9-8-11-4-1-2-5-12(11)10-13/h2*1-10H,(H,18,19). The number of aromatic carboxylic acids is 2. The highest BCUT2D eigenvalue weighted by molar-refractivity contribution is 5.90. The number of rotatable bonds is 4. The van der Waals surface area contributed by atoms with Crippen LogP contribution in [0.1, 0.15) is 21.0 Å². The Labute approximate surface area is 218 Å². The van der Waals surface area contributed by atoms with E-state index in [-0.39, 0.29) is 11.4 Å². The van der Waals surface area contributed by atoms with Crippen LogP contribution in [-0.2, 0) is 0 Å². The van der Waals surface area contributed by atoms with Crippen LogP contribution >= 0.6 is 0 Å². The van der Waals surface area contributed by atoms with Gasteiger partial charge in [0.15, 0.2) is 0 Å². The zero-order chi connectivity index (χ0) is 26.5. The maximum atomic E-state index is 10.9. The molecule has 6 nitrogen and oxygen atoms in total. The number of hydrogen-bond acceptors (Lipinski definition) is 4. The highest BCUT2D eigenvalue weighted by Gasteiger charge is 2.08. The average molecular weight is 499 g/mol. The van der Waals surface area contributed by atoms with Gasteiger partial charge in [0.05, 0.1) is 11.4 Å². The lowest BCUT2D eigenvalue weighted by atomic mass is 10.0. The van der Waals surface area contributed by atoms with Crippen LogP contribution in [0.2, 0.25) is 0 Å². The Hall–Kier alpha value is -5.36. The fourth-order valence-electron chi connectivity index (χ4n) is 4.13. The Morgan fingerprint density at radius 2 is 0.842 bits per heavy atom. The maximum absolute atomic E-state index is 10.9. The first-order chi connectivity index (χ1) is 18.5. The van der Waals surface area contributed by atoms with Crippen molar-refractivity contribution in [2.45, 2.75) is 0 Å². The molecular weight excluding hydrogens is 476 g/mol. The van der Waals surface area contributed by atoms with Crippen molar-refractivity contribution in [3.63, 3.8) is 0 Å². The fraction of sp³-hybridized carbons (Fsp3) is 0. The summed E-state index contributed by atoms with van der Waals surface area (Å²) in [6.45, 7) is 0. The van der Waals surface area contributed by atoms with Crippen molar-refractivity contribution < 1.29 is 19.8 Å². The number of fused-ring (bicyclic) bond motifs is 2. The topological polar surface area (TPSA) is 100 Å². The van der Waals surface area contributed by atoms with E-state index in [2.05, 4.69) is 9.97 Å². The van der Waals surface area contributed by atoms with Gasteiger partial charge in [-0.05, 0) is 57.9 Å². The lowest BCUT2D eigenvalue weighted by molar-refractivity contribution is 0.0680. The Balaban J connectivity index is 0.000000155. The third-order valence-electron chi connectivity index (χ3n) is 6.03. The third kappa shape index (κ3) is 5.39. The van der Waals surface area contributed by atoms with Crippen LogP contribution in [0.3, 0.4) is 0 Å². The average Bonchev–Trinajstić information content (AvgIpc) is 2.97. The van der Waals surface area contributed by atoms with Crippen LogP contribution in [0.5, 0.6) is 0 Å².